The van der Waals surface area contributed by atoms with Crippen LogP contribution in [0.2, 0.25) is 0 Å². The predicted molar refractivity (Wildman–Crippen MR) is 98.6 cm³/mol. The molecule has 0 unspecified atom stereocenters. The van der Waals surface area contributed by atoms with Gasteiger partial charge in [0, 0.05) is 58.0 Å². The summed E-state index contributed by atoms with van der Waals surface area (Å²) < 4.78 is 0. The number of carbonyl (C=O) groups excluding carboxylic acids is 1. The molecular formula is C19H30N4O. The highest BCUT2D eigenvalue weighted by Gasteiger charge is 2.23. The largest absolute Gasteiger partial charge is 0.369 e. The van der Waals surface area contributed by atoms with E-state index in [4.69, 9.17) is 0 Å². The number of nitrogens with zero attached hydrogens (tertiary/aromatic N) is 3. The van der Waals surface area contributed by atoms with Crippen LogP contribution in [0.3, 0.4) is 0 Å². The maximum atomic E-state index is 12.4. The molecule has 0 spiro atoms. The van der Waals surface area contributed by atoms with E-state index in [1.165, 1.54) is 11.3 Å². The molecule has 24 heavy (non-hydrogen) atoms. The Morgan fingerprint density at radius 2 is 1.71 bits per heavy atom. The highest BCUT2D eigenvalue weighted by molar-refractivity contribution is 5.78. The second-order valence-electron chi connectivity index (χ2n) is 7.11. The molecule has 2 fully saturated rings. The van der Waals surface area contributed by atoms with E-state index in [9.17, 15) is 4.79 Å². The Hall–Kier alpha value is -1.59. The van der Waals surface area contributed by atoms with Crippen molar-refractivity contribution in [1.82, 2.24) is 15.1 Å². The molecule has 2 heterocycles. The van der Waals surface area contributed by atoms with E-state index in [1.54, 1.807) is 0 Å². The molecule has 5 nitrogen and oxygen atoms in total. The SMILES string of the molecule is CC(C)c1ccccc1N1CCN(CC(=O)N2CCNCC2)CC1. The summed E-state index contributed by atoms with van der Waals surface area (Å²) >= 11 is 0. The molecule has 2 saturated heterocycles. The summed E-state index contributed by atoms with van der Waals surface area (Å²) in [5, 5.41) is 3.30. The van der Waals surface area contributed by atoms with Crippen LogP contribution >= 0.6 is 0 Å². The summed E-state index contributed by atoms with van der Waals surface area (Å²) in [4.78, 5) is 19.2. The third kappa shape index (κ3) is 4.08. The Bertz CT molecular complexity index is 546. The fourth-order valence-corrected chi connectivity index (χ4v) is 3.62. The molecule has 0 saturated carbocycles. The van der Waals surface area contributed by atoms with Gasteiger partial charge in [-0.05, 0) is 17.5 Å². The van der Waals surface area contributed by atoms with Crippen LogP contribution < -0.4 is 10.2 Å². The molecule has 0 aliphatic carbocycles. The van der Waals surface area contributed by atoms with Crippen molar-refractivity contribution in [1.29, 1.82) is 0 Å². The molecule has 132 valence electrons. The lowest BCUT2D eigenvalue weighted by molar-refractivity contribution is -0.133. The van der Waals surface area contributed by atoms with Crippen molar-refractivity contribution in [2.24, 2.45) is 0 Å². The van der Waals surface area contributed by atoms with Gasteiger partial charge < -0.3 is 15.1 Å². The fraction of sp³-hybridized carbons (Fsp3) is 0.632. The molecule has 1 aromatic rings. The molecule has 0 aromatic heterocycles. The minimum atomic E-state index is 0.285. The van der Waals surface area contributed by atoms with E-state index in [0.29, 0.717) is 12.5 Å². The average Bonchev–Trinajstić information content (AvgIpc) is 2.63. The molecule has 1 N–H and O–H groups in total. The van der Waals surface area contributed by atoms with E-state index in [-0.39, 0.29) is 5.91 Å². The normalized spacial score (nSPS) is 19.8. The van der Waals surface area contributed by atoms with Crippen molar-refractivity contribution in [3.05, 3.63) is 29.8 Å². The number of carbonyl (C=O) groups is 1. The van der Waals surface area contributed by atoms with E-state index in [1.807, 2.05) is 4.90 Å². The number of hydrogen-bond acceptors (Lipinski definition) is 4. The summed E-state index contributed by atoms with van der Waals surface area (Å²) in [5.74, 6) is 0.820. The average molecular weight is 330 g/mol. The van der Waals surface area contributed by atoms with Gasteiger partial charge in [-0.3, -0.25) is 9.69 Å². The van der Waals surface area contributed by atoms with Crippen LogP contribution in [0.5, 0.6) is 0 Å². The van der Waals surface area contributed by atoms with Gasteiger partial charge in [0.05, 0.1) is 6.54 Å². The van der Waals surface area contributed by atoms with Gasteiger partial charge in [0.2, 0.25) is 5.91 Å². The zero-order chi connectivity index (χ0) is 16.9. The monoisotopic (exact) mass is 330 g/mol. The number of piperazine rings is 2. The van der Waals surface area contributed by atoms with Gasteiger partial charge in [-0.2, -0.15) is 0 Å². The number of para-hydroxylation sites is 1. The quantitative estimate of drug-likeness (QED) is 0.905. The minimum absolute atomic E-state index is 0.285. The number of benzene rings is 1. The zero-order valence-electron chi connectivity index (χ0n) is 15.0. The molecule has 5 heteroatoms. The van der Waals surface area contributed by atoms with Gasteiger partial charge in [0.15, 0.2) is 0 Å². The van der Waals surface area contributed by atoms with Gasteiger partial charge in [0.1, 0.15) is 0 Å². The van der Waals surface area contributed by atoms with E-state index in [0.717, 1.165) is 52.4 Å². The Kier molecular flexibility index (Phi) is 5.74. The van der Waals surface area contributed by atoms with Gasteiger partial charge in [-0.15, -0.1) is 0 Å². The highest BCUT2D eigenvalue weighted by Crippen LogP contribution is 2.28. The smallest absolute Gasteiger partial charge is 0.236 e. The van der Waals surface area contributed by atoms with Crippen LogP contribution in [0, 0.1) is 0 Å². The van der Waals surface area contributed by atoms with E-state index < -0.39 is 0 Å². The van der Waals surface area contributed by atoms with Crippen molar-refractivity contribution in [2.45, 2.75) is 19.8 Å². The molecule has 3 rings (SSSR count). The third-order valence-corrected chi connectivity index (χ3v) is 5.10. The molecule has 0 radical (unpaired) electrons. The second-order valence-corrected chi connectivity index (χ2v) is 7.11. The summed E-state index contributed by atoms with van der Waals surface area (Å²) in [6.07, 6.45) is 0. The van der Waals surface area contributed by atoms with Crippen molar-refractivity contribution in [3.8, 4) is 0 Å². The number of nitrogens with one attached hydrogen (secondary N) is 1. The molecule has 2 aliphatic heterocycles. The molecule has 2 aliphatic rings. The van der Waals surface area contributed by atoms with Crippen molar-refractivity contribution in [3.63, 3.8) is 0 Å². The molecule has 0 bridgehead atoms. The number of amides is 1. The Morgan fingerprint density at radius 1 is 1.04 bits per heavy atom. The van der Waals surface area contributed by atoms with E-state index in [2.05, 4.69) is 53.2 Å². The predicted octanol–water partition coefficient (Wildman–Crippen LogP) is 1.36. The summed E-state index contributed by atoms with van der Waals surface area (Å²) in [6, 6.07) is 8.72. The molecule has 0 atom stereocenters. The highest BCUT2D eigenvalue weighted by atomic mass is 16.2. The summed E-state index contributed by atoms with van der Waals surface area (Å²) in [7, 11) is 0. The lowest BCUT2D eigenvalue weighted by Crippen LogP contribution is -2.53. The van der Waals surface area contributed by atoms with Crippen LogP contribution in [0.15, 0.2) is 24.3 Å². The van der Waals surface area contributed by atoms with E-state index >= 15 is 0 Å². The Balaban J connectivity index is 1.53. The lowest BCUT2D eigenvalue weighted by Gasteiger charge is -2.38. The molecule has 1 aromatic carbocycles. The van der Waals surface area contributed by atoms with Crippen molar-refractivity contribution in [2.75, 3.05) is 63.8 Å². The maximum Gasteiger partial charge on any atom is 0.236 e. The first-order chi connectivity index (χ1) is 11.6. The first kappa shape index (κ1) is 17.2. The van der Waals surface area contributed by atoms with Crippen LogP contribution in [0.25, 0.3) is 0 Å². The zero-order valence-corrected chi connectivity index (χ0v) is 15.0. The van der Waals surface area contributed by atoms with Crippen molar-refractivity contribution >= 4 is 11.6 Å². The fourth-order valence-electron chi connectivity index (χ4n) is 3.62. The van der Waals surface area contributed by atoms with Crippen molar-refractivity contribution < 1.29 is 4.79 Å². The third-order valence-electron chi connectivity index (χ3n) is 5.10. The standard InChI is InChI=1S/C19H30N4O/c1-16(2)17-5-3-4-6-18(17)22-13-11-21(12-14-22)15-19(24)23-9-7-20-8-10-23/h3-6,16,20H,7-15H2,1-2H3. The Morgan fingerprint density at radius 3 is 2.38 bits per heavy atom. The van der Waals surface area contributed by atoms with Crippen LogP contribution in [-0.4, -0.2) is 74.6 Å². The van der Waals surface area contributed by atoms with Gasteiger partial charge in [0.25, 0.3) is 0 Å². The van der Waals surface area contributed by atoms with Crippen LogP contribution in [0.4, 0.5) is 5.69 Å². The molecule has 1 amide bonds. The van der Waals surface area contributed by atoms with Gasteiger partial charge in [-0.1, -0.05) is 32.0 Å². The number of hydrogen-bond donors (Lipinski definition) is 1. The first-order valence-electron chi connectivity index (χ1n) is 9.20. The minimum Gasteiger partial charge on any atom is -0.369 e. The molecular weight excluding hydrogens is 300 g/mol. The first-order valence-corrected chi connectivity index (χ1v) is 9.20. The second kappa shape index (κ2) is 7.99. The number of anilines is 1. The topological polar surface area (TPSA) is 38.8 Å². The maximum absolute atomic E-state index is 12.4. The van der Waals surface area contributed by atoms with Gasteiger partial charge in [-0.25, -0.2) is 0 Å². The van der Waals surface area contributed by atoms with Crippen LogP contribution in [-0.2, 0) is 4.79 Å². The summed E-state index contributed by atoms with van der Waals surface area (Å²) in [6.45, 7) is 12.5. The lowest BCUT2D eigenvalue weighted by atomic mass is 10.00. The summed E-state index contributed by atoms with van der Waals surface area (Å²) in [5.41, 5.74) is 2.78. The van der Waals surface area contributed by atoms with Gasteiger partial charge >= 0.3 is 0 Å². The van der Waals surface area contributed by atoms with Crippen LogP contribution in [0.1, 0.15) is 25.3 Å². The number of rotatable bonds is 4. The Labute approximate surface area is 145 Å².